The smallest absolute Gasteiger partial charge is 0.294 e. The van der Waals surface area contributed by atoms with Crippen LogP contribution in [0.15, 0.2) is 29.2 Å². The topological polar surface area (TPSA) is 40.6 Å². The van der Waals surface area contributed by atoms with E-state index in [-0.39, 0.29) is 23.2 Å². The van der Waals surface area contributed by atoms with Crippen LogP contribution in [-0.2, 0) is 4.79 Å². The van der Waals surface area contributed by atoms with Crippen LogP contribution in [0.2, 0.25) is 0 Å². The van der Waals surface area contributed by atoms with Crippen molar-refractivity contribution < 1.29 is 9.59 Å². The summed E-state index contributed by atoms with van der Waals surface area (Å²) in [7, 11) is 0. The number of thioether (sulfide) groups is 1. The number of allylic oxidation sites excluding steroid dienone is 1. The Bertz CT molecular complexity index is 905. The molecule has 2 aliphatic rings. The third-order valence-electron chi connectivity index (χ3n) is 4.87. The van der Waals surface area contributed by atoms with Crippen LogP contribution < -0.4 is 4.90 Å². The van der Waals surface area contributed by atoms with Crippen molar-refractivity contribution in [3.05, 3.63) is 40.3 Å². The molecule has 27 heavy (non-hydrogen) atoms. The second-order valence-electron chi connectivity index (χ2n) is 7.38. The van der Waals surface area contributed by atoms with Gasteiger partial charge in [-0.1, -0.05) is 25.0 Å². The number of terminal acetylenes is 1. The van der Waals surface area contributed by atoms with Gasteiger partial charge >= 0.3 is 0 Å². The number of hydrogen-bond acceptors (Lipinski definition) is 4. The minimum atomic E-state index is -0.318. The van der Waals surface area contributed by atoms with Crippen LogP contribution in [0, 0.1) is 12.3 Å². The number of carbonyl (C=O) groups is 2. The summed E-state index contributed by atoms with van der Waals surface area (Å²) in [6.07, 6.45) is 10.4. The number of imide groups is 1. The van der Waals surface area contributed by atoms with Crippen molar-refractivity contribution in [3.8, 4) is 12.3 Å². The molecule has 0 radical (unpaired) electrons. The molecule has 5 heteroatoms. The number of anilines is 1. The van der Waals surface area contributed by atoms with Gasteiger partial charge in [-0.25, -0.2) is 0 Å². The van der Waals surface area contributed by atoms with Crippen LogP contribution >= 0.6 is 11.8 Å². The van der Waals surface area contributed by atoms with E-state index in [1.165, 1.54) is 16.8 Å². The van der Waals surface area contributed by atoms with Crippen LogP contribution in [-0.4, -0.2) is 34.7 Å². The average molecular weight is 381 g/mol. The highest BCUT2D eigenvalue weighted by atomic mass is 32.2. The SMILES string of the molecule is C#CCN1C(=O)S/C(=C/c2ccc3c(c2)C(C)=CC(C)(C)N3CCC)C1=O. The Morgan fingerprint density at radius 3 is 2.70 bits per heavy atom. The van der Waals surface area contributed by atoms with E-state index in [2.05, 4.69) is 56.7 Å². The van der Waals surface area contributed by atoms with E-state index in [1.54, 1.807) is 6.08 Å². The summed E-state index contributed by atoms with van der Waals surface area (Å²) >= 11 is 0.941. The fourth-order valence-corrected chi connectivity index (χ4v) is 4.54. The lowest BCUT2D eigenvalue weighted by atomic mass is 9.88. The number of benzene rings is 1. The summed E-state index contributed by atoms with van der Waals surface area (Å²) in [4.78, 5) is 28.3. The molecule has 0 saturated carbocycles. The first kappa shape index (κ1) is 19.3. The second-order valence-corrected chi connectivity index (χ2v) is 8.37. The number of hydrogen-bond donors (Lipinski definition) is 0. The van der Waals surface area contributed by atoms with E-state index in [9.17, 15) is 9.59 Å². The maximum absolute atomic E-state index is 12.4. The van der Waals surface area contributed by atoms with Crippen molar-refractivity contribution in [2.75, 3.05) is 18.0 Å². The Morgan fingerprint density at radius 1 is 1.30 bits per heavy atom. The molecule has 2 amide bonds. The first-order valence-electron chi connectivity index (χ1n) is 9.09. The molecule has 0 aliphatic carbocycles. The van der Waals surface area contributed by atoms with Gasteiger partial charge in [-0.3, -0.25) is 14.5 Å². The van der Waals surface area contributed by atoms with Crippen molar-refractivity contribution in [2.45, 2.75) is 39.7 Å². The predicted molar refractivity (Wildman–Crippen MR) is 113 cm³/mol. The molecule has 0 atom stereocenters. The van der Waals surface area contributed by atoms with Gasteiger partial charge in [0.25, 0.3) is 11.1 Å². The minimum Gasteiger partial charge on any atom is -0.362 e. The summed E-state index contributed by atoms with van der Waals surface area (Å²) in [6, 6.07) is 6.21. The molecule has 0 bridgehead atoms. The fourth-order valence-electron chi connectivity index (χ4n) is 3.70. The molecule has 140 valence electrons. The largest absolute Gasteiger partial charge is 0.362 e. The fraction of sp³-hybridized carbons (Fsp3) is 0.364. The van der Waals surface area contributed by atoms with Crippen molar-refractivity contribution in [1.29, 1.82) is 0 Å². The molecule has 2 heterocycles. The van der Waals surface area contributed by atoms with Crippen LogP contribution in [0.3, 0.4) is 0 Å². The summed E-state index contributed by atoms with van der Waals surface area (Å²) < 4.78 is 0. The van der Waals surface area contributed by atoms with E-state index in [0.717, 1.165) is 35.2 Å². The summed E-state index contributed by atoms with van der Waals surface area (Å²) in [5, 5.41) is -0.311. The van der Waals surface area contributed by atoms with Gasteiger partial charge in [0.1, 0.15) is 0 Å². The summed E-state index contributed by atoms with van der Waals surface area (Å²) in [6.45, 7) is 9.74. The highest BCUT2D eigenvalue weighted by Gasteiger charge is 2.35. The molecule has 3 rings (SSSR count). The third-order valence-corrected chi connectivity index (χ3v) is 5.78. The lowest BCUT2D eigenvalue weighted by Crippen LogP contribution is -2.45. The van der Waals surface area contributed by atoms with Crippen LogP contribution in [0.25, 0.3) is 11.6 Å². The van der Waals surface area contributed by atoms with E-state index in [4.69, 9.17) is 6.42 Å². The van der Waals surface area contributed by atoms with Crippen LogP contribution in [0.5, 0.6) is 0 Å². The van der Waals surface area contributed by atoms with Crippen molar-refractivity contribution in [2.24, 2.45) is 0 Å². The molecule has 2 aliphatic heterocycles. The number of nitrogens with zero attached hydrogens (tertiary/aromatic N) is 2. The molecule has 1 fully saturated rings. The molecule has 0 spiro atoms. The van der Waals surface area contributed by atoms with Crippen LogP contribution in [0.4, 0.5) is 10.5 Å². The summed E-state index contributed by atoms with van der Waals surface area (Å²) in [5.74, 6) is 2.04. The molecule has 0 N–H and O–H groups in total. The monoisotopic (exact) mass is 380 g/mol. The summed E-state index contributed by atoms with van der Waals surface area (Å²) in [5.41, 5.74) is 4.47. The molecule has 1 aromatic rings. The quantitative estimate of drug-likeness (QED) is 0.557. The Balaban J connectivity index is 1.98. The van der Waals surface area contributed by atoms with Gasteiger partial charge in [-0.2, -0.15) is 0 Å². The maximum Gasteiger partial charge on any atom is 0.294 e. The van der Waals surface area contributed by atoms with Gasteiger partial charge in [-0.05, 0) is 68.3 Å². The van der Waals surface area contributed by atoms with Gasteiger partial charge in [0.05, 0.1) is 17.0 Å². The van der Waals surface area contributed by atoms with E-state index < -0.39 is 0 Å². The maximum atomic E-state index is 12.4. The zero-order valence-electron chi connectivity index (χ0n) is 16.2. The van der Waals surface area contributed by atoms with Gasteiger partial charge < -0.3 is 4.90 Å². The number of fused-ring (bicyclic) bond motifs is 1. The molecular formula is C22H24N2O2S. The van der Waals surface area contributed by atoms with Crippen LogP contribution in [0.1, 0.15) is 45.2 Å². The second kappa shape index (κ2) is 7.28. The first-order valence-corrected chi connectivity index (χ1v) is 9.90. The number of carbonyl (C=O) groups excluding carboxylic acids is 2. The lowest BCUT2D eigenvalue weighted by Gasteiger charge is -2.43. The highest BCUT2D eigenvalue weighted by molar-refractivity contribution is 8.18. The molecule has 4 nitrogen and oxygen atoms in total. The zero-order valence-corrected chi connectivity index (χ0v) is 17.0. The van der Waals surface area contributed by atoms with Gasteiger partial charge in [0.2, 0.25) is 0 Å². The van der Waals surface area contributed by atoms with E-state index >= 15 is 0 Å². The number of amides is 2. The molecule has 0 aromatic heterocycles. The van der Waals surface area contributed by atoms with Gasteiger partial charge in [0.15, 0.2) is 0 Å². The Hall–Kier alpha value is -2.45. The number of rotatable bonds is 4. The Morgan fingerprint density at radius 2 is 2.04 bits per heavy atom. The Labute approximate surface area is 165 Å². The van der Waals surface area contributed by atoms with Crippen molar-refractivity contribution in [3.63, 3.8) is 0 Å². The minimum absolute atomic E-state index is 0.00903. The molecular weight excluding hydrogens is 356 g/mol. The highest BCUT2D eigenvalue weighted by Crippen LogP contribution is 2.40. The normalized spacial score (nSPS) is 20.0. The lowest BCUT2D eigenvalue weighted by molar-refractivity contribution is -0.122. The van der Waals surface area contributed by atoms with Gasteiger partial charge in [-0.15, -0.1) is 6.42 Å². The predicted octanol–water partition coefficient (Wildman–Crippen LogP) is 4.77. The van der Waals surface area contributed by atoms with Crippen molar-refractivity contribution >= 4 is 40.2 Å². The molecule has 1 aromatic carbocycles. The third kappa shape index (κ3) is 3.54. The Kier molecular flexibility index (Phi) is 5.21. The molecule has 0 unspecified atom stereocenters. The van der Waals surface area contributed by atoms with E-state index in [0.29, 0.717) is 4.91 Å². The van der Waals surface area contributed by atoms with E-state index in [1.807, 2.05) is 6.07 Å². The standard InChI is InChI=1S/C22H24N2O2S/c1-6-10-23-20(25)19(27-21(23)26)13-16-8-9-18-17(12-16)15(3)14-22(4,5)24(18)11-7-2/h1,8-9,12-14H,7,10-11H2,2-5H3/b19-13+. The first-order chi connectivity index (χ1) is 12.8. The average Bonchev–Trinajstić information content (AvgIpc) is 2.86. The molecule has 1 saturated heterocycles. The van der Waals surface area contributed by atoms with Crippen molar-refractivity contribution in [1.82, 2.24) is 4.90 Å². The van der Waals surface area contributed by atoms with Gasteiger partial charge in [0, 0.05) is 17.8 Å². The zero-order chi connectivity index (χ0) is 19.8.